The Hall–Kier alpha value is -1.25. The van der Waals surface area contributed by atoms with Gasteiger partial charge in [-0.25, -0.2) is 0 Å². The minimum Gasteiger partial charge on any atom is -0.501 e. The Morgan fingerprint density at radius 1 is 1.31 bits per heavy atom. The zero-order valence-electron chi connectivity index (χ0n) is 8.37. The largest absolute Gasteiger partial charge is 0.501 e. The zero-order chi connectivity index (χ0) is 10.1. The molecule has 0 radical (unpaired) electrons. The topological polar surface area (TPSA) is 35.5 Å². The molecule has 0 aromatic rings. The molecule has 0 heterocycles. The van der Waals surface area contributed by atoms with E-state index in [9.17, 15) is 4.79 Å². The van der Waals surface area contributed by atoms with Crippen LogP contribution in [0.3, 0.4) is 0 Å². The van der Waals surface area contributed by atoms with Crippen LogP contribution in [0, 0.1) is 0 Å². The van der Waals surface area contributed by atoms with Gasteiger partial charge in [-0.3, -0.25) is 0 Å². The molecule has 0 rings (SSSR count). The first kappa shape index (κ1) is 11.8. The van der Waals surface area contributed by atoms with Crippen molar-refractivity contribution in [1.82, 2.24) is 0 Å². The molecule has 0 aliphatic carbocycles. The lowest BCUT2D eigenvalue weighted by Gasteiger charge is -2.04. The van der Waals surface area contributed by atoms with E-state index in [4.69, 9.17) is 9.47 Å². The highest BCUT2D eigenvalue weighted by atomic mass is 16.5. The SMILES string of the molecule is CC/C(=C\C(=C/CC=O)OC)OC. The van der Waals surface area contributed by atoms with Crippen molar-refractivity contribution in [2.75, 3.05) is 14.2 Å². The molecule has 0 fully saturated rings. The van der Waals surface area contributed by atoms with Gasteiger partial charge in [-0.05, 0) is 6.08 Å². The van der Waals surface area contributed by atoms with Crippen molar-refractivity contribution in [3.63, 3.8) is 0 Å². The maximum Gasteiger partial charge on any atom is 0.123 e. The lowest BCUT2D eigenvalue weighted by molar-refractivity contribution is -0.107. The van der Waals surface area contributed by atoms with Crippen LogP contribution in [0.15, 0.2) is 23.7 Å². The fourth-order valence-corrected chi connectivity index (χ4v) is 0.829. The van der Waals surface area contributed by atoms with Crippen LogP contribution >= 0.6 is 0 Å². The normalized spacial score (nSPS) is 12.5. The van der Waals surface area contributed by atoms with E-state index in [1.54, 1.807) is 26.4 Å². The van der Waals surface area contributed by atoms with Crippen LogP contribution in [-0.2, 0) is 14.3 Å². The fourth-order valence-electron chi connectivity index (χ4n) is 0.829. The molecule has 3 nitrogen and oxygen atoms in total. The van der Waals surface area contributed by atoms with Crippen LogP contribution < -0.4 is 0 Å². The summed E-state index contributed by atoms with van der Waals surface area (Å²) in [5.41, 5.74) is 0. The quantitative estimate of drug-likeness (QED) is 0.360. The number of carbonyl (C=O) groups excluding carboxylic acids is 1. The standard InChI is InChI=1S/C10H16O3/c1-4-9(12-2)8-10(13-3)6-5-7-11/h6-8H,4-5H2,1-3H3/b9-8+,10-6+. The van der Waals surface area contributed by atoms with Crippen LogP contribution in [0.4, 0.5) is 0 Å². The van der Waals surface area contributed by atoms with Crippen molar-refractivity contribution in [2.45, 2.75) is 19.8 Å². The number of hydrogen-bond acceptors (Lipinski definition) is 3. The van der Waals surface area contributed by atoms with Crippen molar-refractivity contribution in [1.29, 1.82) is 0 Å². The highest BCUT2D eigenvalue weighted by molar-refractivity contribution is 5.52. The summed E-state index contributed by atoms with van der Waals surface area (Å²) in [6, 6.07) is 0. The average Bonchev–Trinajstić information content (AvgIpc) is 2.19. The number of allylic oxidation sites excluding steroid dienone is 3. The smallest absolute Gasteiger partial charge is 0.123 e. The third-order valence-electron chi connectivity index (χ3n) is 1.56. The minimum absolute atomic E-state index is 0.361. The molecular weight excluding hydrogens is 168 g/mol. The highest BCUT2D eigenvalue weighted by Gasteiger charge is 1.95. The van der Waals surface area contributed by atoms with Gasteiger partial charge in [0.05, 0.1) is 20.0 Å². The van der Waals surface area contributed by atoms with Crippen molar-refractivity contribution in [3.05, 3.63) is 23.7 Å². The van der Waals surface area contributed by atoms with Gasteiger partial charge in [0.15, 0.2) is 0 Å². The second-order valence-electron chi connectivity index (χ2n) is 2.38. The van der Waals surface area contributed by atoms with Crippen molar-refractivity contribution in [2.24, 2.45) is 0 Å². The molecule has 0 atom stereocenters. The van der Waals surface area contributed by atoms with Crippen LogP contribution in [0.5, 0.6) is 0 Å². The van der Waals surface area contributed by atoms with Crippen LogP contribution in [0.2, 0.25) is 0 Å². The van der Waals surface area contributed by atoms with Gasteiger partial charge in [-0.2, -0.15) is 0 Å². The number of carbonyl (C=O) groups is 1. The molecule has 0 amide bonds. The molecule has 13 heavy (non-hydrogen) atoms. The Morgan fingerprint density at radius 3 is 2.38 bits per heavy atom. The van der Waals surface area contributed by atoms with E-state index in [2.05, 4.69) is 0 Å². The van der Waals surface area contributed by atoms with Gasteiger partial charge in [0.1, 0.15) is 12.0 Å². The van der Waals surface area contributed by atoms with Crippen molar-refractivity contribution in [3.8, 4) is 0 Å². The summed E-state index contributed by atoms with van der Waals surface area (Å²) in [5.74, 6) is 1.49. The number of aldehydes is 1. The number of methoxy groups -OCH3 is 2. The molecule has 0 saturated heterocycles. The summed E-state index contributed by atoms with van der Waals surface area (Å²) < 4.78 is 10.1. The molecule has 0 bridgehead atoms. The summed E-state index contributed by atoms with van der Waals surface area (Å²) in [5, 5.41) is 0. The van der Waals surface area contributed by atoms with Gasteiger partial charge in [0.25, 0.3) is 0 Å². The van der Waals surface area contributed by atoms with E-state index in [1.807, 2.05) is 6.92 Å². The predicted octanol–water partition coefficient (Wildman–Crippen LogP) is 2.05. The van der Waals surface area contributed by atoms with Crippen LogP contribution in [0.25, 0.3) is 0 Å². The summed E-state index contributed by atoms with van der Waals surface area (Å²) in [7, 11) is 3.18. The lowest BCUT2D eigenvalue weighted by Crippen LogP contribution is -1.89. The first-order chi connectivity index (χ1) is 6.28. The van der Waals surface area contributed by atoms with Gasteiger partial charge >= 0.3 is 0 Å². The van der Waals surface area contributed by atoms with Gasteiger partial charge in [0.2, 0.25) is 0 Å². The Balaban J connectivity index is 4.39. The van der Waals surface area contributed by atoms with Gasteiger partial charge < -0.3 is 14.3 Å². The molecule has 0 aliphatic heterocycles. The first-order valence-electron chi connectivity index (χ1n) is 4.20. The van der Waals surface area contributed by atoms with Crippen molar-refractivity contribution >= 4 is 6.29 Å². The van der Waals surface area contributed by atoms with Crippen LogP contribution in [-0.4, -0.2) is 20.5 Å². The summed E-state index contributed by atoms with van der Waals surface area (Å²) >= 11 is 0. The van der Waals surface area contributed by atoms with Gasteiger partial charge in [-0.15, -0.1) is 0 Å². The Bertz CT molecular complexity index is 198. The second kappa shape index (κ2) is 7.40. The Morgan fingerprint density at radius 2 is 2.00 bits per heavy atom. The third-order valence-corrected chi connectivity index (χ3v) is 1.56. The fraction of sp³-hybridized carbons (Fsp3) is 0.500. The summed E-state index contributed by atoms with van der Waals surface area (Å²) in [6.07, 6.45) is 5.48. The maximum absolute atomic E-state index is 10.1. The summed E-state index contributed by atoms with van der Waals surface area (Å²) in [6.45, 7) is 1.99. The van der Waals surface area contributed by atoms with E-state index in [0.717, 1.165) is 18.5 Å². The minimum atomic E-state index is 0.361. The highest BCUT2D eigenvalue weighted by Crippen LogP contribution is 2.07. The van der Waals surface area contributed by atoms with Gasteiger partial charge in [-0.1, -0.05) is 6.92 Å². The van der Waals surface area contributed by atoms with E-state index in [-0.39, 0.29) is 0 Å². The molecule has 0 spiro atoms. The monoisotopic (exact) mass is 184 g/mol. The zero-order valence-corrected chi connectivity index (χ0v) is 8.37. The van der Waals surface area contributed by atoms with E-state index in [0.29, 0.717) is 12.2 Å². The number of hydrogen-bond donors (Lipinski definition) is 0. The molecule has 0 saturated carbocycles. The molecule has 0 N–H and O–H groups in total. The maximum atomic E-state index is 10.1. The Labute approximate surface area is 79.0 Å². The number of ether oxygens (including phenoxy) is 2. The third kappa shape index (κ3) is 5.06. The van der Waals surface area contributed by atoms with Gasteiger partial charge in [0, 0.05) is 18.9 Å². The van der Waals surface area contributed by atoms with Crippen molar-refractivity contribution < 1.29 is 14.3 Å². The molecule has 74 valence electrons. The van der Waals surface area contributed by atoms with E-state index >= 15 is 0 Å². The Kier molecular flexibility index (Phi) is 6.69. The van der Waals surface area contributed by atoms with Crippen LogP contribution in [0.1, 0.15) is 19.8 Å². The first-order valence-corrected chi connectivity index (χ1v) is 4.20. The van der Waals surface area contributed by atoms with E-state index < -0.39 is 0 Å². The average molecular weight is 184 g/mol. The molecule has 0 aromatic carbocycles. The number of rotatable bonds is 6. The molecule has 0 unspecified atom stereocenters. The van der Waals surface area contributed by atoms with E-state index in [1.165, 1.54) is 0 Å². The molecular formula is C10H16O3. The second-order valence-corrected chi connectivity index (χ2v) is 2.38. The lowest BCUT2D eigenvalue weighted by atomic mass is 10.3. The molecule has 0 aliphatic rings. The molecule has 3 heteroatoms. The predicted molar refractivity (Wildman–Crippen MR) is 51.2 cm³/mol. The molecule has 0 aromatic heterocycles. The summed E-state index contributed by atoms with van der Waals surface area (Å²) in [4.78, 5) is 10.1.